The molecule has 10 heavy (non-hydrogen) atoms. The number of hydrogen-bond acceptors (Lipinski definition) is 2. The maximum atomic E-state index is 5.19. The minimum Gasteiger partial charge on any atom is -0.466 e. The highest BCUT2D eigenvalue weighted by atomic mass is 16.5. The Kier molecular flexibility index (Phi) is 2.12. The van der Waals surface area contributed by atoms with Crippen LogP contribution < -0.4 is 0 Å². The Morgan fingerprint density at radius 2 is 2.30 bits per heavy atom. The lowest BCUT2D eigenvalue weighted by atomic mass is 10.2. The van der Waals surface area contributed by atoms with Gasteiger partial charge in [0.05, 0.1) is 6.26 Å². The second kappa shape index (κ2) is 2.88. The average Bonchev–Trinajstić information content (AvgIpc) is 2.34. The Labute approximate surface area is 60.8 Å². The molecule has 0 saturated carbocycles. The standard InChI is InChI=1S/C8H12O2/c1-6-4-5-10-8(6)7(2)9-3/h4-5,7H,1-3H3. The molecule has 0 radical (unpaired) electrons. The maximum absolute atomic E-state index is 5.19. The molecule has 0 saturated heterocycles. The van der Waals surface area contributed by atoms with Crippen molar-refractivity contribution in [2.75, 3.05) is 7.11 Å². The fourth-order valence-electron chi connectivity index (χ4n) is 0.908. The van der Waals surface area contributed by atoms with Crippen molar-refractivity contribution in [3.63, 3.8) is 0 Å². The van der Waals surface area contributed by atoms with Crippen molar-refractivity contribution in [1.82, 2.24) is 0 Å². The molecule has 1 aromatic rings. The normalized spacial score (nSPS) is 13.5. The molecule has 1 rings (SSSR count). The van der Waals surface area contributed by atoms with Gasteiger partial charge in [-0.3, -0.25) is 0 Å². The van der Waals surface area contributed by atoms with E-state index in [9.17, 15) is 0 Å². The Morgan fingerprint density at radius 3 is 2.70 bits per heavy atom. The first-order valence-electron chi connectivity index (χ1n) is 3.32. The molecule has 0 N–H and O–H groups in total. The Balaban J connectivity index is 2.82. The van der Waals surface area contributed by atoms with E-state index in [1.165, 1.54) is 0 Å². The third-order valence-corrected chi connectivity index (χ3v) is 1.62. The summed E-state index contributed by atoms with van der Waals surface area (Å²) in [6.07, 6.45) is 1.75. The maximum Gasteiger partial charge on any atom is 0.135 e. The quantitative estimate of drug-likeness (QED) is 0.628. The third-order valence-electron chi connectivity index (χ3n) is 1.62. The van der Waals surface area contributed by atoms with Crippen molar-refractivity contribution in [3.8, 4) is 0 Å². The lowest BCUT2D eigenvalue weighted by Crippen LogP contribution is -1.94. The monoisotopic (exact) mass is 140 g/mol. The molecule has 0 bridgehead atoms. The van der Waals surface area contributed by atoms with E-state index in [1.807, 2.05) is 19.9 Å². The van der Waals surface area contributed by atoms with Crippen LogP contribution in [0.5, 0.6) is 0 Å². The van der Waals surface area contributed by atoms with Gasteiger partial charge >= 0.3 is 0 Å². The summed E-state index contributed by atoms with van der Waals surface area (Å²) >= 11 is 0. The van der Waals surface area contributed by atoms with Gasteiger partial charge in [0.1, 0.15) is 11.9 Å². The molecule has 0 aliphatic heterocycles. The van der Waals surface area contributed by atoms with Crippen LogP contribution in [0.3, 0.4) is 0 Å². The van der Waals surface area contributed by atoms with Crippen LogP contribution in [0.15, 0.2) is 16.7 Å². The first kappa shape index (κ1) is 7.35. The molecular formula is C8H12O2. The molecule has 1 heterocycles. The molecule has 56 valence electrons. The van der Waals surface area contributed by atoms with Crippen molar-refractivity contribution in [2.24, 2.45) is 0 Å². The highest BCUT2D eigenvalue weighted by Crippen LogP contribution is 2.19. The van der Waals surface area contributed by atoms with E-state index >= 15 is 0 Å². The Bertz CT molecular complexity index is 203. The van der Waals surface area contributed by atoms with Crippen LogP contribution >= 0.6 is 0 Å². The van der Waals surface area contributed by atoms with Crippen LogP contribution in [-0.2, 0) is 4.74 Å². The molecule has 0 aliphatic rings. The molecule has 1 unspecified atom stereocenters. The molecule has 0 fully saturated rings. The van der Waals surface area contributed by atoms with E-state index in [0.717, 1.165) is 11.3 Å². The fraction of sp³-hybridized carbons (Fsp3) is 0.500. The summed E-state index contributed by atoms with van der Waals surface area (Å²) in [5.74, 6) is 0.919. The summed E-state index contributed by atoms with van der Waals surface area (Å²) < 4.78 is 10.3. The van der Waals surface area contributed by atoms with E-state index in [0.29, 0.717) is 0 Å². The van der Waals surface area contributed by atoms with Crippen molar-refractivity contribution in [3.05, 3.63) is 23.7 Å². The topological polar surface area (TPSA) is 22.4 Å². The van der Waals surface area contributed by atoms with Crippen molar-refractivity contribution < 1.29 is 9.15 Å². The summed E-state index contributed by atoms with van der Waals surface area (Å²) in [5, 5.41) is 0. The Morgan fingerprint density at radius 1 is 1.60 bits per heavy atom. The van der Waals surface area contributed by atoms with Gasteiger partial charge in [0.15, 0.2) is 0 Å². The number of hydrogen-bond donors (Lipinski definition) is 0. The van der Waals surface area contributed by atoms with E-state index in [-0.39, 0.29) is 6.10 Å². The molecule has 2 nitrogen and oxygen atoms in total. The lowest BCUT2D eigenvalue weighted by molar-refractivity contribution is 0.0988. The molecule has 0 amide bonds. The molecule has 1 aromatic heterocycles. The van der Waals surface area contributed by atoms with Crippen LogP contribution in [0.4, 0.5) is 0 Å². The Hall–Kier alpha value is -0.760. The predicted molar refractivity (Wildman–Crippen MR) is 38.9 cm³/mol. The molecule has 2 heteroatoms. The average molecular weight is 140 g/mol. The van der Waals surface area contributed by atoms with Crippen LogP contribution in [0.2, 0.25) is 0 Å². The van der Waals surface area contributed by atoms with E-state index in [2.05, 4.69) is 0 Å². The van der Waals surface area contributed by atoms with Gasteiger partial charge in [-0.05, 0) is 25.5 Å². The van der Waals surface area contributed by atoms with Gasteiger partial charge < -0.3 is 9.15 Å². The fourth-order valence-corrected chi connectivity index (χ4v) is 0.908. The highest BCUT2D eigenvalue weighted by Gasteiger charge is 2.09. The SMILES string of the molecule is COC(C)c1occc1C. The smallest absolute Gasteiger partial charge is 0.135 e. The summed E-state index contributed by atoms with van der Waals surface area (Å²) in [6.45, 7) is 3.97. The zero-order valence-corrected chi connectivity index (χ0v) is 6.55. The van der Waals surface area contributed by atoms with Crippen molar-refractivity contribution in [2.45, 2.75) is 20.0 Å². The summed E-state index contributed by atoms with van der Waals surface area (Å²) in [6, 6.07) is 1.94. The summed E-state index contributed by atoms with van der Waals surface area (Å²) in [7, 11) is 1.67. The molecular weight excluding hydrogens is 128 g/mol. The van der Waals surface area contributed by atoms with Gasteiger partial charge in [-0.2, -0.15) is 0 Å². The minimum absolute atomic E-state index is 0.0648. The molecule has 0 aliphatic carbocycles. The van der Waals surface area contributed by atoms with Crippen molar-refractivity contribution >= 4 is 0 Å². The predicted octanol–water partition coefficient (Wildman–Crippen LogP) is 2.30. The van der Waals surface area contributed by atoms with Crippen LogP contribution in [0, 0.1) is 6.92 Å². The first-order valence-corrected chi connectivity index (χ1v) is 3.32. The first-order chi connectivity index (χ1) is 4.75. The number of ether oxygens (including phenoxy) is 1. The molecule has 1 atom stereocenters. The second-order valence-corrected chi connectivity index (χ2v) is 2.35. The van der Waals surface area contributed by atoms with Crippen LogP contribution in [0.25, 0.3) is 0 Å². The minimum atomic E-state index is 0.0648. The van der Waals surface area contributed by atoms with Gasteiger partial charge in [-0.1, -0.05) is 0 Å². The number of rotatable bonds is 2. The van der Waals surface area contributed by atoms with E-state index in [1.54, 1.807) is 13.4 Å². The highest BCUT2D eigenvalue weighted by molar-refractivity contribution is 5.16. The zero-order chi connectivity index (χ0) is 7.56. The van der Waals surface area contributed by atoms with Gasteiger partial charge in [0, 0.05) is 7.11 Å². The van der Waals surface area contributed by atoms with Gasteiger partial charge in [0.25, 0.3) is 0 Å². The van der Waals surface area contributed by atoms with Crippen LogP contribution in [-0.4, -0.2) is 7.11 Å². The van der Waals surface area contributed by atoms with Gasteiger partial charge in [0.2, 0.25) is 0 Å². The van der Waals surface area contributed by atoms with Gasteiger partial charge in [-0.15, -0.1) is 0 Å². The summed E-state index contributed by atoms with van der Waals surface area (Å²) in [4.78, 5) is 0. The van der Waals surface area contributed by atoms with Gasteiger partial charge in [-0.25, -0.2) is 0 Å². The number of methoxy groups -OCH3 is 1. The van der Waals surface area contributed by atoms with Crippen LogP contribution in [0.1, 0.15) is 24.4 Å². The van der Waals surface area contributed by atoms with E-state index in [4.69, 9.17) is 9.15 Å². The third kappa shape index (κ3) is 1.21. The number of aryl methyl sites for hydroxylation is 1. The van der Waals surface area contributed by atoms with Crippen molar-refractivity contribution in [1.29, 1.82) is 0 Å². The summed E-state index contributed by atoms with van der Waals surface area (Å²) in [5.41, 5.74) is 1.15. The van der Waals surface area contributed by atoms with E-state index < -0.39 is 0 Å². The second-order valence-electron chi connectivity index (χ2n) is 2.35. The number of furan rings is 1. The molecule has 0 spiro atoms. The molecule has 0 aromatic carbocycles. The lowest BCUT2D eigenvalue weighted by Gasteiger charge is -2.05. The zero-order valence-electron chi connectivity index (χ0n) is 6.55. The largest absolute Gasteiger partial charge is 0.466 e.